The number of esters is 1. The van der Waals surface area contributed by atoms with Crippen molar-refractivity contribution in [3.05, 3.63) is 53.0 Å². The number of carbonyl (C=O) groups is 2. The third-order valence-electron chi connectivity index (χ3n) is 5.39. The number of aromatic amines is 2. The van der Waals surface area contributed by atoms with Crippen molar-refractivity contribution in [2.75, 3.05) is 18.6 Å². The van der Waals surface area contributed by atoms with Crippen LogP contribution in [0.2, 0.25) is 0 Å². The Hall–Kier alpha value is -4.55. The van der Waals surface area contributed by atoms with Gasteiger partial charge >= 0.3 is 5.97 Å². The Morgan fingerprint density at radius 1 is 1.12 bits per heavy atom. The Labute approximate surface area is 193 Å². The number of rotatable bonds is 9. The van der Waals surface area contributed by atoms with Gasteiger partial charge in [-0.3, -0.25) is 4.79 Å². The van der Waals surface area contributed by atoms with Gasteiger partial charge in [0.05, 0.1) is 12.5 Å². The van der Waals surface area contributed by atoms with E-state index in [2.05, 4.69) is 40.9 Å². The average molecular weight is 464 g/mol. The minimum Gasteiger partial charge on any atom is -0.467 e. The van der Waals surface area contributed by atoms with E-state index < -0.39 is 12.0 Å². The number of anilines is 2. The van der Waals surface area contributed by atoms with Crippen molar-refractivity contribution in [3.63, 3.8) is 0 Å². The first-order chi connectivity index (χ1) is 16.4. The molecule has 0 aliphatic carbocycles. The number of fused-ring (bicyclic) bond motifs is 1. The van der Waals surface area contributed by atoms with Gasteiger partial charge in [-0.1, -0.05) is 17.3 Å². The Balaban J connectivity index is 1.37. The predicted molar refractivity (Wildman–Crippen MR) is 122 cm³/mol. The van der Waals surface area contributed by atoms with Crippen LogP contribution < -0.4 is 16.8 Å². The number of nitrogens with two attached hydrogens (primary N) is 2. The molecule has 3 heterocycles. The average Bonchev–Trinajstić information content (AvgIpc) is 3.50. The van der Waals surface area contributed by atoms with Gasteiger partial charge < -0.3 is 26.5 Å². The van der Waals surface area contributed by atoms with Crippen LogP contribution in [0.25, 0.3) is 11.0 Å². The highest BCUT2D eigenvalue weighted by Gasteiger charge is 2.23. The molecule has 3 aromatic heterocycles. The van der Waals surface area contributed by atoms with Crippen LogP contribution in [-0.4, -0.2) is 60.6 Å². The van der Waals surface area contributed by atoms with Crippen LogP contribution in [-0.2, 0) is 28.8 Å². The van der Waals surface area contributed by atoms with E-state index in [0.29, 0.717) is 42.1 Å². The summed E-state index contributed by atoms with van der Waals surface area (Å²) < 4.78 is 4.81. The zero-order valence-corrected chi connectivity index (χ0v) is 18.4. The maximum absolute atomic E-state index is 12.7. The zero-order valence-electron chi connectivity index (χ0n) is 18.4. The molecule has 7 N–H and O–H groups in total. The lowest BCUT2D eigenvalue weighted by Crippen LogP contribution is -2.41. The smallest absolute Gasteiger partial charge is 0.328 e. The second-order valence-electron chi connectivity index (χ2n) is 7.62. The molecule has 34 heavy (non-hydrogen) atoms. The first kappa shape index (κ1) is 22.6. The lowest BCUT2D eigenvalue weighted by atomic mass is 10.0. The second-order valence-corrected chi connectivity index (χ2v) is 7.62. The summed E-state index contributed by atoms with van der Waals surface area (Å²) in [5.41, 5.74) is 14.7. The number of nitrogens with one attached hydrogen (secondary N) is 3. The molecule has 176 valence electrons. The van der Waals surface area contributed by atoms with Crippen LogP contribution in [0, 0.1) is 0 Å². The van der Waals surface area contributed by atoms with Crippen molar-refractivity contribution in [2.24, 2.45) is 0 Å². The summed E-state index contributed by atoms with van der Waals surface area (Å²) in [5, 5.41) is 17.0. The molecule has 13 nitrogen and oxygen atoms in total. The molecule has 0 spiro atoms. The molecule has 1 amide bonds. The third-order valence-corrected chi connectivity index (χ3v) is 5.39. The number of tetrazole rings is 1. The molecule has 1 atom stereocenters. The summed E-state index contributed by atoms with van der Waals surface area (Å²) in [5.74, 6) is -0.0207. The molecular formula is C21H24N10O3. The summed E-state index contributed by atoms with van der Waals surface area (Å²) >= 11 is 0. The molecule has 0 bridgehead atoms. The number of aromatic nitrogens is 7. The number of hydrogen-bond acceptors (Lipinski definition) is 10. The zero-order chi connectivity index (χ0) is 24.1. The van der Waals surface area contributed by atoms with E-state index >= 15 is 0 Å². The quantitative estimate of drug-likeness (QED) is 0.215. The Morgan fingerprint density at radius 3 is 2.62 bits per heavy atom. The van der Waals surface area contributed by atoms with Crippen molar-refractivity contribution in [1.82, 2.24) is 40.9 Å². The Morgan fingerprint density at radius 2 is 1.91 bits per heavy atom. The number of aryl methyl sites for hydroxylation is 3. The summed E-state index contributed by atoms with van der Waals surface area (Å²) in [7, 11) is 1.27. The molecule has 13 heteroatoms. The number of nitrogen functional groups attached to an aromatic ring is 2. The number of amides is 1. The highest BCUT2D eigenvalue weighted by atomic mass is 16.5. The van der Waals surface area contributed by atoms with Crippen molar-refractivity contribution < 1.29 is 14.3 Å². The van der Waals surface area contributed by atoms with Gasteiger partial charge in [0.25, 0.3) is 5.91 Å². The first-order valence-electron chi connectivity index (χ1n) is 10.5. The SMILES string of the molecule is COC(=O)[C@H](CCc1nn[nH]n1)NC(=O)c1ccc(CCc2c[nH]c3nc(N)nc(N)c23)cc1. The maximum Gasteiger partial charge on any atom is 0.328 e. The van der Waals surface area contributed by atoms with Gasteiger partial charge in [-0.25, -0.2) is 4.79 Å². The van der Waals surface area contributed by atoms with Gasteiger partial charge in [-0.05, 0) is 42.5 Å². The van der Waals surface area contributed by atoms with Gasteiger partial charge in [-0.15, -0.1) is 10.2 Å². The van der Waals surface area contributed by atoms with Gasteiger partial charge in [0.1, 0.15) is 17.5 Å². The van der Waals surface area contributed by atoms with Crippen molar-refractivity contribution in [3.8, 4) is 0 Å². The lowest BCUT2D eigenvalue weighted by Gasteiger charge is -2.16. The van der Waals surface area contributed by atoms with Crippen molar-refractivity contribution >= 4 is 34.7 Å². The number of benzene rings is 1. The Bertz CT molecular complexity index is 1280. The molecule has 0 radical (unpaired) electrons. The lowest BCUT2D eigenvalue weighted by molar-refractivity contribution is -0.143. The fourth-order valence-corrected chi connectivity index (χ4v) is 3.64. The fourth-order valence-electron chi connectivity index (χ4n) is 3.64. The van der Waals surface area contributed by atoms with E-state index in [-0.39, 0.29) is 18.3 Å². The van der Waals surface area contributed by atoms with E-state index in [1.807, 2.05) is 18.3 Å². The molecule has 0 aliphatic rings. The summed E-state index contributed by atoms with van der Waals surface area (Å²) in [6, 6.07) is 6.33. The van der Waals surface area contributed by atoms with Crippen LogP contribution in [0.1, 0.15) is 33.7 Å². The fraction of sp³-hybridized carbons (Fsp3) is 0.286. The molecule has 4 rings (SSSR count). The van der Waals surface area contributed by atoms with Gasteiger partial charge in [0, 0.05) is 18.2 Å². The number of carbonyl (C=O) groups excluding carboxylic acids is 2. The molecular weight excluding hydrogens is 440 g/mol. The molecule has 0 fully saturated rings. The van der Waals surface area contributed by atoms with Crippen molar-refractivity contribution in [1.29, 1.82) is 0 Å². The minimum absolute atomic E-state index is 0.122. The summed E-state index contributed by atoms with van der Waals surface area (Å²) in [6.45, 7) is 0. The topological polar surface area (TPSA) is 203 Å². The van der Waals surface area contributed by atoms with Gasteiger partial charge in [0.15, 0.2) is 5.82 Å². The van der Waals surface area contributed by atoms with Crippen LogP contribution >= 0.6 is 0 Å². The second kappa shape index (κ2) is 9.94. The minimum atomic E-state index is -0.834. The van der Waals surface area contributed by atoms with Gasteiger partial charge in [-0.2, -0.15) is 15.2 Å². The van der Waals surface area contributed by atoms with Crippen molar-refractivity contribution in [2.45, 2.75) is 31.7 Å². The standard InChI is InChI=1S/C21H24N10O3/c1-34-20(33)14(8-9-15-28-30-31-29-15)25-19(32)12-5-2-11(3-6-12)4-7-13-10-24-18-16(13)17(22)26-21(23)27-18/h2-3,5-6,10,14H,4,7-9H2,1H3,(H,25,32)(H,28,29,30,31)(H5,22,23,24,26,27)/t14-/m0/s1. The monoisotopic (exact) mass is 464 g/mol. The summed E-state index contributed by atoms with van der Waals surface area (Å²) in [6.07, 6.45) is 3.89. The van der Waals surface area contributed by atoms with E-state index in [9.17, 15) is 9.59 Å². The molecule has 0 saturated heterocycles. The number of nitrogens with zero attached hydrogens (tertiary/aromatic N) is 5. The number of methoxy groups -OCH3 is 1. The third kappa shape index (κ3) is 5.09. The highest BCUT2D eigenvalue weighted by Crippen LogP contribution is 2.24. The Kier molecular flexibility index (Phi) is 6.62. The number of hydrogen-bond donors (Lipinski definition) is 5. The van der Waals surface area contributed by atoms with Crippen LogP contribution in [0.5, 0.6) is 0 Å². The van der Waals surface area contributed by atoms with Crippen LogP contribution in [0.4, 0.5) is 11.8 Å². The largest absolute Gasteiger partial charge is 0.467 e. The van der Waals surface area contributed by atoms with Crippen LogP contribution in [0.15, 0.2) is 30.5 Å². The van der Waals surface area contributed by atoms with E-state index in [0.717, 1.165) is 16.5 Å². The molecule has 4 aromatic rings. The first-order valence-corrected chi connectivity index (χ1v) is 10.5. The maximum atomic E-state index is 12.7. The van der Waals surface area contributed by atoms with E-state index in [4.69, 9.17) is 16.2 Å². The predicted octanol–water partition coefficient (Wildman–Crippen LogP) is 0.325. The molecule has 0 unspecified atom stereocenters. The number of H-pyrrole nitrogens is 2. The van der Waals surface area contributed by atoms with E-state index in [1.54, 1.807) is 12.1 Å². The molecule has 0 saturated carbocycles. The summed E-state index contributed by atoms with van der Waals surface area (Å²) in [4.78, 5) is 36.0. The number of ether oxygens (including phenoxy) is 1. The molecule has 0 aliphatic heterocycles. The van der Waals surface area contributed by atoms with Crippen LogP contribution in [0.3, 0.4) is 0 Å². The highest BCUT2D eigenvalue weighted by molar-refractivity contribution is 5.96. The molecule has 1 aromatic carbocycles. The van der Waals surface area contributed by atoms with Gasteiger partial charge in [0.2, 0.25) is 5.95 Å². The van der Waals surface area contributed by atoms with E-state index in [1.165, 1.54) is 7.11 Å². The normalized spacial score (nSPS) is 11.9.